The molecule has 0 spiro atoms. The van der Waals surface area contributed by atoms with Crippen LogP contribution in [0, 0.1) is 11.3 Å². The minimum absolute atomic E-state index is 0.668. The van der Waals surface area contributed by atoms with Crippen LogP contribution in [0.5, 0.6) is 0 Å². The van der Waals surface area contributed by atoms with Crippen LogP contribution in [-0.2, 0) is 6.54 Å². The summed E-state index contributed by atoms with van der Waals surface area (Å²) >= 11 is 0. The molecule has 3 rings (SSSR count). The summed E-state index contributed by atoms with van der Waals surface area (Å²) in [6, 6.07) is 15.6. The normalized spacial score (nSPS) is 10.2. The smallest absolute Gasteiger partial charge is 0.0991 e. The predicted octanol–water partition coefficient (Wildman–Crippen LogP) is 3.11. The monoisotopic (exact) mass is 260 g/mol. The third kappa shape index (κ3) is 2.57. The first-order valence-corrected chi connectivity index (χ1v) is 6.29. The van der Waals surface area contributed by atoms with Gasteiger partial charge in [-0.2, -0.15) is 5.26 Å². The fourth-order valence-corrected chi connectivity index (χ4v) is 2.03. The Bertz CT molecular complexity index is 790. The second-order valence-corrected chi connectivity index (χ2v) is 4.43. The third-order valence-electron chi connectivity index (χ3n) is 3.02. The largest absolute Gasteiger partial charge is 0.381 e. The number of anilines is 1. The number of rotatable bonds is 3. The summed E-state index contributed by atoms with van der Waals surface area (Å²) in [6.45, 7) is 0.668. The molecule has 0 amide bonds. The van der Waals surface area contributed by atoms with Crippen LogP contribution in [0.15, 0.2) is 54.9 Å². The van der Waals surface area contributed by atoms with Crippen molar-refractivity contribution < 1.29 is 0 Å². The Morgan fingerprint density at radius 3 is 2.70 bits per heavy atom. The van der Waals surface area contributed by atoms with Crippen molar-refractivity contribution in [2.45, 2.75) is 6.54 Å². The van der Waals surface area contributed by atoms with Crippen LogP contribution in [0.4, 0.5) is 5.69 Å². The highest BCUT2D eigenvalue weighted by atomic mass is 14.9. The van der Waals surface area contributed by atoms with Gasteiger partial charge in [-0.25, -0.2) is 0 Å². The number of fused-ring (bicyclic) bond motifs is 1. The highest BCUT2D eigenvalue weighted by Crippen LogP contribution is 2.16. The molecule has 4 nitrogen and oxygen atoms in total. The molecule has 1 heterocycles. The second kappa shape index (κ2) is 5.37. The maximum absolute atomic E-state index is 8.88. The van der Waals surface area contributed by atoms with Crippen molar-refractivity contribution in [3.63, 3.8) is 0 Å². The number of nitriles is 1. The van der Waals surface area contributed by atoms with Gasteiger partial charge in [-0.15, -0.1) is 0 Å². The molecule has 0 saturated carbocycles. The van der Waals surface area contributed by atoms with E-state index in [9.17, 15) is 0 Å². The van der Waals surface area contributed by atoms with Gasteiger partial charge in [-0.3, -0.25) is 9.97 Å². The van der Waals surface area contributed by atoms with E-state index in [-0.39, 0.29) is 0 Å². The van der Waals surface area contributed by atoms with Crippen molar-refractivity contribution in [2.24, 2.45) is 0 Å². The molecule has 0 fully saturated rings. The van der Waals surface area contributed by atoms with E-state index in [2.05, 4.69) is 21.4 Å². The Labute approximate surface area is 116 Å². The van der Waals surface area contributed by atoms with E-state index in [1.54, 1.807) is 18.5 Å². The van der Waals surface area contributed by atoms with E-state index in [1.807, 2.05) is 36.4 Å². The number of benzene rings is 2. The molecule has 96 valence electrons. The fraction of sp³-hybridized carbons (Fsp3) is 0.0625. The lowest BCUT2D eigenvalue weighted by atomic mass is 10.1. The molecule has 1 N–H and O–H groups in total. The summed E-state index contributed by atoms with van der Waals surface area (Å²) in [5, 5.41) is 12.2. The van der Waals surface area contributed by atoms with Crippen molar-refractivity contribution in [2.75, 3.05) is 5.32 Å². The first kappa shape index (κ1) is 12.1. The fourth-order valence-electron chi connectivity index (χ4n) is 2.03. The lowest BCUT2D eigenvalue weighted by Crippen LogP contribution is -1.99. The molecular weight excluding hydrogens is 248 g/mol. The zero-order valence-corrected chi connectivity index (χ0v) is 10.7. The lowest BCUT2D eigenvalue weighted by Gasteiger charge is -2.07. The van der Waals surface area contributed by atoms with Crippen LogP contribution in [0.3, 0.4) is 0 Å². The van der Waals surface area contributed by atoms with Crippen LogP contribution < -0.4 is 5.32 Å². The van der Waals surface area contributed by atoms with E-state index in [1.165, 1.54) is 0 Å². The van der Waals surface area contributed by atoms with E-state index in [0.29, 0.717) is 12.1 Å². The summed E-state index contributed by atoms with van der Waals surface area (Å²) in [5.41, 5.74) is 4.48. The van der Waals surface area contributed by atoms with Gasteiger partial charge < -0.3 is 5.32 Å². The Hall–Kier alpha value is -2.93. The average molecular weight is 260 g/mol. The van der Waals surface area contributed by atoms with Gasteiger partial charge in [0.15, 0.2) is 0 Å². The molecule has 0 saturated heterocycles. The van der Waals surface area contributed by atoms with Gasteiger partial charge in [-0.1, -0.05) is 12.1 Å². The Kier molecular flexibility index (Phi) is 3.25. The molecule has 0 unspecified atom stereocenters. The van der Waals surface area contributed by atoms with Gasteiger partial charge in [0.05, 0.1) is 22.7 Å². The van der Waals surface area contributed by atoms with E-state index >= 15 is 0 Å². The number of aromatic nitrogens is 2. The highest BCUT2D eigenvalue weighted by molar-refractivity contribution is 5.78. The molecule has 0 radical (unpaired) electrons. The summed E-state index contributed by atoms with van der Waals surface area (Å²) in [5.74, 6) is 0. The van der Waals surface area contributed by atoms with Crippen LogP contribution in [0.1, 0.15) is 11.1 Å². The summed E-state index contributed by atoms with van der Waals surface area (Å²) in [6.07, 6.45) is 3.37. The highest BCUT2D eigenvalue weighted by Gasteiger charge is 1.99. The first-order valence-electron chi connectivity index (χ1n) is 6.29. The standard InChI is InChI=1S/C16H12N4/c17-10-12-2-1-3-13(8-12)11-20-14-4-5-15-16(9-14)19-7-6-18-15/h1-9,20H,11H2. The van der Waals surface area contributed by atoms with Gasteiger partial charge >= 0.3 is 0 Å². The molecule has 0 aliphatic carbocycles. The Morgan fingerprint density at radius 2 is 1.85 bits per heavy atom. The molecule has 2 aromatic carbocycles. The lowest BCUT2D eigenvalue weighted by molar-refractivity contribution is 1.15. The van der Waals surface area contributed by atoms with Gasteiger partial charge in [0.2, 0.25) is 0 Å². The molecule has 0 aliphatic heterocycles. The number of hydrogen-bond donors (Lipinski definition) is 1. The van der Waals surface area contributed by atoms with Gasteiger partial charge in [0, 0.05) is 24.6 Å². The third-order valence-corrected chi connectivity index (χ3v) is 3.02. The van der Waals surface area contributed by atoms with Gasteiger partial charge in [0.1, 0.15) is 0 Å². The van der Waals surface area contributed by atoms with E-state index < -0.39 is 0 Å². The van der Waals surface area contributed by atoms with Crippen LogP contribution in [0.2, 0.25) is 0 Å². The van der Waals surface area contributed by atoms with Crippen molar-refractivity contribution in [3.8, 4) is 6.07 Å². The van der Waals surface area contributed by atoms with Crippen molar-refractivity contribution >= 4 is 16.7 Å². The van der Waals surface area contributed by atoms with Gasteiger partial charge in [-0.05, 0) is 35.9 Å². The van der Waals surface area contributed by atoms with Crippen molar-refractivity contribution in [1.29, 1.82) is 5.26 Å². The summed E-state index contributed by atoms with van der Waals surface area (Å²) < 4.78 is 0. The first-order chi connectivity index (χ1) is 9.85. The molecule has 0 atom stereocenters. The zero-order chi connectivity index (χ0) is 13.8. The predicted molar refractivity (Wildman–Crippen MR) is 78.0 cm³/mol. The molecule has 1 aromatic heterocycles. The quantitative estimate of drug-likeness (QED) is 0.786. The number of nitrogens with zero attached hydrogens (tertiary/aromatic N) is 3. The Balaban J connectivity index is 1.78. The molecule has 4 heteroatoms. The SMILES string of the molecule is N#Cc1cccc(CNc2ccc3nccnc3c2)c1. The Morgan fingerprint density at radius 1 is 1.00 bits per heavy atom. The van der Waals surface area contributed by atoms with Crippen molar-refractivity contribution in [1.82, 2.24) is 9.97 Å². The molecule has 3 aromatic rings. The molecular formula is C16H12N4. The van der Waals surface area contributed by atoms with Gasteiger partial charge in [0.25, 0.3) is 0 Å². The maximum Gasteiger partial charge on any atom is 0.0991 e. The summed E-state index contributed by atoms with van der Waals surface area (Å²) in [7, 11) is 0. The van der Waals surface area contributed by atoms with Crippen LogP contribution >= 0.6 is 0 Å². The second-order valence-electron chi connectivity index (χ2n) is 4.43. The zero-order valence-electron chi connectivity index (χ0n) is 10.7. The minimum atomic E-state index is 0.668. The molecule has 0 bridgehead atoms. The van der Waals surface area contributed by atoms with E-state index in [0.717, 1.165) is 22.3 Å². The molecule has 20 heavy (non-hydrogen) atoms. The minimum Gasteiger partial charge on any atom is -0.381 e. The van der Waals surface area contributed by atoms with Crippen LogP contribution in [-0.4, -0.2) is 9.97 Å². The topological polar surface area (TPSA) is 61.6 Å². The molecule has 0 aliphatic rings. The maximum atomic E-state index is 8.88. The number of hydrogen-bond acceptors (Lipinski definition) is 4. The van der Waals surface area contributed by atoms with E-state index in [4.69, 9.17) is 5.26 Å². The summed E-state index contributed by atoms with van der Waals surface area (Å²) in [4.78, 5) is 8.52. The average Bonchev–Trinajstić information content (AvgIpc) is 2.53. The van der Waals surface area contributed by atoms with Crippen molar-refractivity contribution in [3.05, 3.63) is 66.0 Å². The number of nitrogens with one attached hydrogen (secondary N) is 1. The van der Waals surface area contributed by atoms with Crippen LogP contribution in [0.25, 0.3) is 11.0 Å².